The molecule has 0 bridgehead atoms. The van der Waals surface area contributed by atoms with Crippen molar-refractivity contribution in [1.29, 1.82) is 0 Å². The highest BCUT2D eigenvalue weighted by Crippen LogP contribution is 2.35. The van der Waals surface area contributed by atoms with Gasteiger partial charge in [0.05, 0.1) is 10.6 Å². The molecule has 0 amide bonds. The lowest BCUT2D eigenvalue weighted by atomic mass is 10.1. The van der Waals surface area contributed by atoms with E-state index in [0.717, 1.165) is 39.5 Å². The Labute approximate surface area is 193 Å². The third-order valence-electron chi connectivity index (χ3n) is 6.29. The molecule has 2 aliphatic rings. The highest BCUT2D eigenvalue weighted by molar-refractivity contribution is 7.89. The van der Waals surface area contributed by atoms with Crippen LogP contribution in [-0.2, 0) is 10.0 Å². The maximum atomic E-state index is 13.3. The lowest BCUT2D eigenvalue weighted by Crippen LogP contribution is -2.49. The third kappa shape index (κ3) is 4.02. The molecule has 3 aromatic rings. The second-order valence-electron chi connectivity index (χ2n) is 8.44. The highest BCUT2D eigenvalue weighted by atomic mass is 32.2. The third-order valence-corrected chi connectivity index (χ3v) is 8.33. The molecule has 0 spiro atoms. The number of hydrogen-bond donors (Lipinski definition) is 0. The lowest BCUT2D eigenvalue weighted by molar-refractivity contribution is 0.174. The van der Waals surface area contributed by atoms with Crippen molar-refractivity contribution in [3.63, 3.8) is 0 Å². The number of aryl methyl sites for hydroxylation is 3. The van der Waals surface area contributed by atoms with Gasteiger partial charge in [-0.3, -0.25) is 0 Å². The number of anilines is 1. The summed E-state index contributed by atoms with van der Waals surface area (Å²) in [5.41, 5.74) is 4.50. The van der Waals surface area contributed by atoms with Crippen LogP contribution in [0.5, 0.6) is 11.5 Å². The fraction of sp³-hybridized carbons (Fsp3) is 0.333. The van der Waals surface area contributed by atoms with Gasteiger partial charge in [0, 0.05) is 31.7 Å². The van der Waals surface area contributed by atoms with Crippen LogP contribution in [-0.4, -0.2) is 55.9 Å². The summed E-state index contributed by atoms with van der Waals surface area (Å²) in [6.07, 6.45) is 0. The number of ether oxygens (including phenoxy) is 2. The van der Waals surface area contributed by atoms with Gasteiger partial charge >= 0.3 is 0 Å². The molecule has 3 heterocycles. The van der Waals surface area contributed by atoms with E-state index in [1.54, 1.807) is 10.4 Å². The number of nitrogens with zero attached hydrogens (tertiary/aromatic N) is 4. The Hall–Kier alpha value is -3.17. The van der Waals surface area contributed by atoms with Gasteiger partial charge in [-0.1, -0.05) is 6.07 Å². The van der Waals surface area contributed by atoms with E-state index in [1.165, 1.54) is 0 Å². The van der Waals surface area contributed by atoms with Crippen molar-refractivity contribution < 1.29 is 17.9 Å². The van der Waals surface area contributed by atoms with Gasteiger partial charge in [0.2, 0.25) is 16.8 Å². The average molecular weight is 467 g/mol. The van der Waals surface area contributed by atoms with Crippen molar-refractivity contribution in [1.82, 2.24) is 14.5 Å². The summed E-state index contributed by atoms with van der Waals surface area (Å²) in [6, 6.07) is 13.2. The van der Waals surface area contributed by atoms with E-state index in [2.05, 4.69) is 15.1 Å². The van der Waals surface area contributed by atoms with Crippen molar-refractivity contribution >= 4 is 15.8 Å². The summed E-state index contributed by atoms with van der Waals surface area (Å²) < 4.78 is 38.9. The summed E-state index contributed by atoms with van der Waals surface area (Å²) in [5, 5.41) is 8.76. The van der Waals surface area contributed by atoms with Crippen LogP contribution < -0.4 is 14.4 Å². The minimum atomic E-state index is -3.54. The molecule has 0 N–H and O–H groups in total. The molecule has 0 atom stereocenters. The zero-order chi connectivity index (χ0) is 23.2. The summed E-state index contributed by atoms with van der Waals surface area (Å²) in [5.74, 6) is 2.17. The summed E-state index contributed by atoms with van der Waals surface area (Å²) >= 11 is 0. The minimum Gasteiger partial charge on any atom is -0.454 e. The number of hydrogen-bond acceptors (Lipinski definition) is 7. The number of benzene rings is 2. The van der Waals surface area contributed by atoms with Crippen LogP contribution in [0.3, 0.4) is 0 Å². The number of sulfonamides is 1. The number of aromatic nitrogens is 2. The molecule has 0 saturated carbocycles. The van der Waals surface area contributed by atoms with Crippen LogP contribution in [0.1, 0.15) is 16.7 Å². The van der Waals surface area contributed by atoms with Gasteiger partial charge < -0.3 is 14.4 Å². The van der Waals surface area contributed by atoms with E-state index < -0.39 is 10.0 Å². The molecule has 1 aromatic heterocycles. The first-order chi connectivity index (χ1) is 15.8. The largest absolute Gasteiger partial charge is 0.454 e. The quantitative estimate of drug-likeness (QED) is 0.583. The summed E-state index contributed by atoms with van der Waals surface area (Å²) in [7, 11) is -3.54. The van der Waals surface area contributed by atoms with Crippen molar-refractivity contribution in [3.05, 3.63) is 59.2 Å². The smallest absolute Gasteiger partial charge is 0.243 e. The van der Waals surface area contributed by atoms with Gasteiger partial charge in [-0.25, -0.2) is 8.42 Å². The molecule has 5 rings (SSSR count). The molecule has 1 saturated heterocycles. The molecule has 33 heavy (non-hydrogen) atoms. The Morgan fingerprint density at radius 1 is 0.788 bits per heavy atom. The number of fused-ring (bicyclic) bond motifs is 1. The van der Waals surface area contributed by atoms with Crippen molar-refractivity contribution in [2.45, 2.75) is 25.7 Å². The molecule has 2 aromatic carbocycles. The minimum absolute atomic E-state index is 0.230. The second kappa shape index (κ2) is 8.31. The van der Waals surface area contributed by atoms with Crippen LogP contribution in [0.4, 0.5) is 5.82 Å². The van der Waals surface area contributed by atoms with Crippen molar-refractivity contribution in [2.75, 3.05) is 37.9 Å². The molecule has 1 fully saturated rings. The van der Waals surface area contributed by atoms with E-state index in [4.69, 9.17) is 9.47 Å². The Kier molecular flexibility index (Phi) is 5.46. The predicted octanol–water partition coefficient (Wildman–Crippen LogP) is 3.31. The molecule has 9 heteroatoms. The standard InChI is InChI=1S/C24H26N4O4S/c1-16-12-18(3)23(13-17(16)2)33(29,30)28-10-8-27(9-11-28)24-7-5-20(25-26-24)19-4-6-21-22(14-19)32-15-31-21/h4-7,12-14H,8-11,15H2,1-3H3. The Morgan fingerprint density at radius 3 is 2.24 bits per heavy atom. The molecule has 0 aliphatic carbocycles. The molecule has 2 aliphatic heterocycles. The van der Waals surface area contributed by atoms with Gasteiger partial charge in [0.25, 0.3) is 0 Å². The van der Waals surface area contributed by atoms with Gasteiger partial charge in [-0.15, -0.1) is 10.2 Å². The monoisotopic (exact) mass is 466 g/mol. The second-order valence-corrected chi connectivity index (χ2v) is 10.3. The van der Waals surface area contributed by atoms with E-state index >= 15 is 0 Å². The van der Waals surface area contributed by atoms with E-state index in [1.807, 2.05) is 57.2 Å². The van der Waals surface area contributed by atoms with Crippen molar-refractivity contribution in [2.24, 2.45) is 0 Å². The molecule has 172 valence electrons. The maximum absolute atomic E-state index is 13.3. The Bertz CT molecular complexity index is 1300. The van der Waals surface area contributed by atoms with E-state index in [0.29, 0.717) is 36.8 Å². The van der Waals surface area contributed by atoms with Crippen LogP contribution in [0.15, 0.2) is 47.4 Å². The zero-order valence-corrected chi connectivity index (χ0v) is 19.7. The van der Waals surface area contributed by atoms with Gasteiger partial charge in [-0.05, 0) is 73.9 Å². The van der Waals surface area contributed by atoms with E-state index in [-0.39, 0.29) is 6.79 Å². The maximum Gasteiger partial charge on any atom is 0.243 e. The van der Waals surface area contributed by atoms with Crippen LogP contribution in [0.2, 0.25) is 0 Å². The zero-order valence-electron chi connectivity index (χ0n) is 18.9. The summed E-state index contributed by atoms with van der Waals surface area (Å²) in [4.78, 5) is 2.46. The Morgan fingerprint density at radius 2 is 1.52 bits per heavy atom. The fourth-order valence-corrected chi connectivity index (χ4v) is 5.93. The molecule has 0 unspecified atom stereocenters. The normalized spacial score (nSPS) is 16.3. The first-order valence-electron chi connectivity index (χ1n) is 10.9. The highest BCUT2D eigenvalue weighted by Gasteiger charge is 2.30. The summed E-state index contributed by atoms with van der Waals surface area (Å²) in [6.45, 7) is 7.94. The van der Waals surface area contributed by atoms with Gasteiger partial charge in [0.1, 0.15) is 0 Å². The van der Waals surface area contributed by atoms with Crippen molar-refractivity contribution in [3.8, 4) is 22.8 Å². The first kappa shape index (κ1) is 21.7. The van der Waals surface area contributed by atoms with E-state index in [9.17, 15) is 8.42 Å². The molecular formula is C24H26N4O4S. The molecular weight excluding hydrogens is 440 g/mol. The predicted molar refractivity (Wildman–Crippen MR) is 125 cm³/mol. The van der Waals surface area contributed by atoms with Gasteiger partial charge in [-0.2, -0.15) is 4.31 Å². The molecule has 0 radical (unpaired) electrons. The SMILES string of the molecule is Cc1cc(C)c(S(=O)(=O)N2CCN(c3ccc(-c4ccc5c(c4)OCO5)nn3)CC2)cc1C. The lowest BCUT2D eigenvalue weighted by Gasteiger charge is -2.34. The van der Waals surface area contributed by atoms with Crippen LogP contribution in [0.25, 0.3) is 11.3 Å². The fourth-order valence-electron chi connectivity index (χ4n) is 4.21. The average Bonchev–Trinajstić information content (AvgIpc) is 3.29. The van der Waals surface area contributed by atoms with Crippen LogP contribution >= 0.6 is 0 Å². The van der Waals surface area contributed by atoms with Gasteiger partial charge in [0.15, 0.2) is 17.3 Å². The Balaban J connectivity index is 1.28. The number of rotatable bonds is 4. The topological polar surface area (TPSA) is 84.9 Å². The molecule has 8 nitrogen and oxygen atoms in total. The first-order valence-corrected chi connectivity index (χ1v) is 12.3. The number of piperazine rings is 1. The van der Waals surface area contributed by atoms with Crippen LogP contribution in [0, 0.1) is 20.8 Å².